The van der Waals surface area contributed by atoms with Crippen molar-refractivity contribution >= 4 is 9.84 Å². The molecule has 1 aliphatic carbocycles. The van der Waals surface area contributed by atoms with E-state index in [-0.39, 0.29) is 16.5 Å². The molecular formula is C14H19NO2S. The lowest BCUT2D eigenvalue weighted by molar-refractivity contribution is 0.397. The van der Waals surface area contributed by atoms with Gasteiger partial charge in [0.05, 0.1) is 10.5 Å². The third-order valence-corrected chi connectivity index (χ3v) is 7.02. The lowest BCUT2D eigenvalue weighted by atomic mass is 9.80. The highest BCUT2D eigenvalue weighted by Crippen LogP contribution is 2.42. The van der Waals surface area contributed by atoms with E-state index in [0.717, 1.165) is 6.42 Å². The second-order valence-electron chi connectivity index (χ2n) is 5.59. The summed E-state index contributed by atoms with van der Waals surface area (Å²) < 4.78 is 24.9. The van der Waals surface area contributed by atoms with Crippen molar-refractivity contribution in [2.24, 2.45) is 0 Å². The first-order chi connectivity index (χ1) is 8.51. The number of fused-ring (bicyclic) bond motifs is 3. The van der Waals surface area contributed by atoms with Crippen molar-refractivity contribution in [3.8, 4) is 0 Å². The lowest BCUT2D eigenvalue weighted by Gasteiger charge is -2.42. The minimum atomic E-state index is -3.00. The van der Waals surface area contributed by atoms with Crippen LogP contribution in [-0.4, -0.2) is 25.5 Å². The van der Waals surface area contributed by atoms with Crippen LogP contribution in [0, 0.1) is 0 Å². The number of benzene rings is 1. The number of sulfone groups is 1. The molecule has 1 aromatic rings. The van der Waals surface area contributed by atoms with E-state index in [2.05, 4.69) is 24.4 Å². The van der Waals surface area contributed by atoms with Gasteiger partial charge in [-0.05, 0) is 30.4 Å². The van der Waals surface area contributed by atoms with Crippen LogP contribution in [0.25, 0.3) is 0 Å². The molecule has 4 unspecified atom stereocenters. The minimum absolute atomic E-state index is 0.0152. The van der Waals surface area contributed by atoms with Gasteiger partial charge < -0.3 is 5.32 Å². The van der Waals surface area contributed by atoms with Crippen molar-refractivity contribution in [1.82, 2.24) is 5.32 Å². The summed E-state index contributed by atoms with van der Waals surface area (Å²) in [5, 5.41) is 2.90. The first-order valence-electron chi connectivity index (χ1n) is 6.56. The summed E-state index contributed by atoms with van der Waals surface area (Å²) in [6.07, 6.45) is 0.737. The molecule has 3 nitrogen and oxygen atoms in total. The molecule has 1 saturated heterocycles. The molecule has 2 aliphatic rings. The Morgan fingerprint density at radius 1 is 1.17 bits per heavy atom. The van der Waals surface area contributed by atoms with Crippen molar-refractivity contribution in [1.29, 1.82) is 0 Å². The van der Waals surface area contributed by atoms with Crippen LogP contribution in [0.2, 0.25) is 0 Å². The van der Waals surface area contributed by atoms with Crippen molar-refractivity contribution < 1.29 is 8.42 Å². The predicted molar refractivity (Wildman–Crippen MR) is 72.4 cm³/mol. The van der Waals surface area contributed by atoms with Crippen molar-refractivity contribution in [2.45, 2.75) is 42.7 Å². The summed E-state index contributed by atoms with van der Waals surface area (Å²) >= 11 is 0. The van der Waals surface area contributed by atoms with Crippen molar-refractivity contribution in [3.63, 3.8) is 0 Å². The Labute approximate surface area is 109 Å². The number of hydrogen-bond acceptors (Lipinski definition) is 3. The van der Waals surface area contributed by atoms with E-state index in [1.807, 2.05) is 19.1 Å². The average Bonchev–Trinajstić information content (AvgIpc) is 2.35. The topological polar surface area (TPSA) is 46.2 Å². The molecule has 0 radical (unpaired) electrons. The van der Waals surface area contributed by atoms with Gasteiger partial charge >= 0.3 is 0 Å². The fraction of sp³-hybridized carbons (Fsp3) is 0.571. The van der Waals surface area contributed by atoms with Gasteiger partial charge in [0.15, 0.2) is 9.84 Å². The van der Waals surface area contributed by atoms with E-state index in [1.54, 1.807) is 0 Å². The quantitative estimate of drug-likeness (QED) is 0.780. The van der Waals surface area contributed by atoms with Gasteiger partial charge in [-0.25, -0.2) is 8.42 Å². The second kappa shape index (κ2) is 4.07. The zero-order chi connectivity index (χ0) is 12.9. The van der Waals surface area contributed by atoms with Crippen LogP contribution < -0.4 is 5.32 Å². The Hall–Kier alpha value is -0.870. The van der Waals surface area contributed by atoms with E-state index in [9.17, 15) is 8.42 Å². The van der Waals surface area contributed by atoms with E-state index in [1.165, 1.54) is 11.1 Å². The van der Waals surface area contributed by atoms with Crippen LogP contribution in [-0.2, 0) is 9.84 Å². The first kappa shape index (κ1) is 12.2. The zero-order valence-electron chi connectivity index (χ0n) is 10.8. The molecular weight excluding hydrogens is 246 g/mol. The maximum atomic E-state index is 12.5. The molecule has 4 heteroatoms. The first-order valence-corrected chi connectivity index (χ1v) is 8.17. The summed E-state index contributed by atoms with van der Waals surface area (Å²) in [4.78, 5) is 0. The minimum Gasteiger partial charge on any atom is -0.308 e. The second-order valence-corrected chi connectivity index (χ2v) is 8.18. The molecule has 1 fully saturated rings. The number of nitrogens with one attached hydrogen (secondary N) is 1. The Kier molecular flexibility index (Phi) is 2.75. The average molecular weight is 265 g/mol. The Bertz CT molecular complexity index is 567. The molecule has 0 bridgehead atoms. The summed E-state index contributed by atoms with van der Waals surface area (Å²) in [5.41, 5.74) is 2.48. The molecule has 3 rings (SSSR count). The van der Waals surface area contributed by atoms with Crippen molar-refractivity contribution in [3.05, 3.63) is 35.4 Å². The van der Waals surface area contributed by atoms with Gasteiger partial charge in [0.2, 0.25) is 0 Å². The molecule has 1 aliphatic heterocycles. The molecule has 4 atom stereocenters. The Balaban J connectivity index is 2.11. The summed E-state index contributed by atoms with van der Waals surface area (Å²) in [7, 11) is -3.00. The fourth-order valence-electron chi connectivity index (χ4n) is 3.33. The smallest absolute Gasteiger partial charge is 0.158 e. The highest BCUT2D eigenvalue weighted by Gasteiger charge is 2.45. The molecule has 0 amide bonds. The van der Waals surface area contributed by atoms with Gasteiger partial charge in [0.1, 0.15) is 0 Å². The maximum Gasteiger partial charge on any atom is 0.158 e. The third-order valence-electron chi connectivity index (χ3n) is 4.43. The van der Waals surface area contributed by atoms with Gasteiger partial charge in [-0.2, -0.15) is 0 Å². The molecule has 1 N–H and O–H groups in total. The van der Waals surface area contributed by atoms with Gasteiger partial charge in [-0.15, -0.1) is 0 Å². The zero-order valence-corrected chi connectivity index (χ0v) is 11.6. The largest absolute Gasteiger partial charge is 0.308 e. The lowest BCUT2D eigenvalue weighted by Crippen LogP contribution is -2.53. The van der Waals surface area contributed by atoms with Gasteiger partial charge in [0, 0.05) is 12.6 Å². The van der Waals surface area contributed by atoms with Crippen LogP contribution in [0.5, 0.6) is 0 Å². The van der Waals surface area contributed by atoms with Crippen LogP contribution in [0.4, 0.5) is 0 Å². The van der Waals surface area contributed by atoms with Gasteiger partial charge in [-0.1, -0.05) is 31.2 Å². The van der Waals surface area contributed by atoms with E-state index >= 15 is 0 Å². The normalized spacial score (nSPS) is 37.7. The van der Waals surface area contributed by atoms with E-state index in [0.29, 0.717) is 12.5 Å². The number of hydrogen-bond donors (Lipinski definition) is 1. The third kappa shape index (κ3) is 1.62. The fourth-order valence-corrected chi connectivity index (χ4v) is 5.43. The number of rotatable bonds is 0. The Morgan fingerprint density at radius 2 is 1.83 bits per heavy atom. The van der Waals surface area contributed by atoms with E-state index in [4.69, 9.17) is 0 Å². The van der Waals surface area contributed by atoms with Gasteiger partial charge in [-0.3, -0.25) is 0 Å². The van der Waals surface area contributed by atoms with Crippen LogP contribution in [0.3, 0.4) is 0 Å². The SMILES string of the molecule is CC1CC2C(NCC(C)S2(=O)=O)c2ccccc21. The highest BCUT2D eigenvalue weighted by molar-refractivity contribution is 7.92. The predicted octanol–water partition coefficient (Wildman–Crippen LogP) is 2.01. The monoisotopic (exact) mass is 265 g/mol. The van der Waals surface area contributed by atoms with Crippen LogP contribution in [0.1, 0.15) is 43.4 Å². The molecule has 18 heavy (non-hydrogen) atoms. The standard InChI is InChI=1S/C14H19NO2S/c1-9-7-13-14(12-6-4-3-5-11(9)12)15-8-10(2)18(13,16)17/h3-6,9-10,13-15H,7-8H2,1-2H3. The van der Waals surface area contributed by atoms with Crippen molar-refractivity contribution in [2.75, 3.05) is 6.54 Å². The summed E-state index contributed by atoms with van der Waals surface area (Å²) in [6.45, 7) is 4.50. The van der Waals surface area contributed by atoms with Crippen LogP contribution in [0.15, 0.2) is 24.3 Å². The maximum absolute atomic E-state index is 12.5. The molecule has 0 spiro atoms. The summed E-state index contributed by atoms with van der Waals surface area (Å²) in [6, 6.07) is 8.22. The Morgan fingerprint density at radius 3 is 2.56 bits per heavy atom. The highest BCUT2D eigenvalue weighted by atomic mass is 32.2. The van der Waals surface area contributed by atoms with Gasteiger partial charge in [0.25, 0.3) is 0 Å². The molecule has 98 valence electrons. The summed E-state index contributed by atoms with van der Waals surface area (Å²) in [5.74, 6) is 0.323. The van der Waals surface area contributed by atoms with Crippen LogP contribution >= 0.6 is 0 Å². The van der Waals surface area contributed by atoms with E-state index < -0.39 is 9.84 Å². The molecule has 1 aromatic carbocycles. The molecule has 1 heterocycles. The molecule has 0 saturated carbocycles. The molecule has 0 aromatic heterocycles.